The molecular weight excluding hydrogens is 341 g/mol. The Labute approximate surface area is 120 Å². The number of nitrogens with one attached hydrogen (secondary N) is 1. The molecule has 5 heteroatoms. The molecule has 0 aliphatic heterocycles. The van der Waals surface area contributed by atoms with Gasteiger partial charge in [-0.3, -0.25) is 9.48 Å². The predicted octanol–water partition coefficient (Wildman–Crippen LogP) is 2.89. The van der Waals surface area contributed by atoms with E-state index in [9.17, 15) is 4.79 Å². The van der Waals surface area contributed by atoms with Gasteiger partial charge in [0.1, 0.15) is 0 Å². The molecule has 1 aromatic heterocycles. The Morgan fingerprint density at radius 1 is 1.39 bits per heavy atom. The third-order valence-electron chi connectivity index (χ3n) is 2.83. The zero-order valence-corrected chi connectivity index (χ0v) is 12.6. The number of hydrogen-bond acceptors (Lipinski definition) is 2. The van der Waals surface area contributed by atoms with Crippen molar-refractivity contribution in [1.29, 1.82) is 0 Å². The number of carbonyl (C=O) groups excluding carboxylic acids is 1. The summed E-state index contributed by atoms with van der Waals surface area (Å²) in [6.07, 6.45) is 0. The first-order valence-electron chi connectivity index (χ1n) is 5.56. The minimum Gasteiger partial charge on any atom is -0.319 e. The zero-order chi connectivity index (χ0) is 13.3. The van der Waals surface area contributed by atoms with Gasteiger partial charge in [0.2, 0.25) is 0 Å². The van der Waals surface area contributed by atoms with Gasteiger partial charge in [-0.1, -0.05) is 6.07 Å². The molecule has 0 aliphatic rings. The first-order chi connectivity index (χ1) is 8.49. The van der Waals surface area contributed by atoms with Crippen LogP contribution in [-0.2, 0) is 7.05 Å². The molecule has 1 aromatic carbocycles. The number of halogens is 1. The van der Waals surface area contributed by atoms with Crippen LogP contribution < -0.4 is 5.32 Å². The van der Waals surface area contributed by atoms with Gasteiger partial charge >= 0.3 is 0 Å². The minimum absolute atomic E-state index is 0.104. The molecule has 0 bridgehead atoms. The molecule has 2 aromatic rings. The van der Waals surface area contributed by atoms with Gasteiger partial charge in [0.15, 0.2) is 0 Å². The smallest absolute Gasteiger partial charge is 0.255 e. The van der Waals surface area contributed by atoms with Gasteiger partial charge in [-0.05, 0) is 54.6 Å². The summed E-state index contributed by atoms with van der Waals surface area (Å²) in [5.41, 5.74) is 3.23. The van der Waals surface area contributed by atoms with E-state index < -0.39 is 0 Å². The summed E-state index contributed by atoms with van der Waals surface area (Å²) in [5, 5.41) is 7.19. The summed E-state index contributed by atoms with van der Waals surface area (Å²) < 4.78 is 2.81. The molecule has 1 N–H and O–H groups in total. The van der Waals surface area contributed by atoms with Crippen LogP contribution in [0.25, 0.3) is 0 Å². The van der Waals surface area contributed by atoms with Crippen molar-refractivity contribution in [2.24, 2.45) is 7.05 Å². The lowest BCUT2D eigenvalue weighted by Gasteiger charge is -2.06. The van der Waals surface area contributed by atoms with E-state index >= 15 is 0 Å². The van der Waals surface area contributed by atoms with E-state index in [0.717, 1.165) is 20.6 Å². The summed E-state index contributed by atoms with van der Waals surface area (Å²) in [6, 6.07) is 7.49. The fraction of sp³-hybridized carbons (Fsp3) is 0.231. The van der Waals surface area contributed by atoms with Crippen molar-refractivity contribution < 1.29 is 4.79 Å². The van der Waals surface area contributed by atoms with Crippen LogP contribution in [0.5, 0.6) is 0 Å². The van der Waals surface area contributed by atoms with Crippen LogP contribution in [0.2, 0.25) is 0 Å². The molecule has 0 fully saturated rings. The molecule has 18 heavy (non-hydrogen) atoms. The van der Waals surface area contributed by atoms with E-state index in [2.05, 4.69) is 33.0 Å². The molecule has 0 radical (unpaired) electrons. The molecule has 1 heterocycles. The van der Waals surface area contributed by atoms with Crippen LogP contribution in [0.1, 0.15) is 21.7 Å². The van der Waals surface area contributed by atoms with Crippen LogP contribution in [-0.4, -0.2) is 15.7 Å². The highest BCUT2D eigenvalue weighted by Crippen LogP contribution is 2.19. The quantitative estimate of drug-likeness (QED) is 0.843. The highest BCUT2D eigenvalue weighted by molar-refractivity contribution is 14.1. The van der Waals surface area contributed by atoms with Gasteiger partial charge in [-0.25, -0.2) is 0 Å². The Hall–Kier alpha value is -1.37. The average molecular weight is 355 g/mol. The zero-order valence-electron chi connectivity index (χ0n) is 10.5. The Morgan fingerprint density at radius 3 is 2.67 bits per heavy atom. The van der Waals surface area contributed by atoms with Crippen LogP contribution in [0.15, 0.2) is 24.3 Å². The third-order valence-corrected chi connectivity index (χ3v) is 3.51. The van der Waals surface area contributed by atoms with Gasteiger partial charge in [0.05, 0.1) is 17.1 Å². The molecule has 0 aliphatic carbocycles. The van der Waals surface area contributed by atoms with Crippen LogP contribution in [0.3, 0.4) is 0 Å². The van der Waals surface area contributed by atoms with Crippen molar-refractivity contribution in [3.05, 3.63) is 44.8 Å². The van der Waals surface area contributed by atoms with Crippen molar-refractivity contribution >= 4 is 34.2 Å². The topological polar surface area (TPSA) is 46.9 Å². The monoisotopic (exact) mass is 355 g/mol. The number of rotatable bonds is 2. The summed E-state index contributed by atoms with van der Waals surface area (Å²) in [5.74, 6) is -0.104. The molecule has 0 unspecified atom stereocenters. The highest BCUT2D eigenvalue weighted by Gasteiger charge is 2.13. The lowest BCUT2D eigenvalue weighted by atomic mass is 10.2. The molecule has 4 nitrogen and oxygen atoms in total. The van der Waals surface area contributed by atoms with Crippen molar-refractivity contribution in [1.82, 2.24) is 9.78 Å². The number of amides is 1. The number of benzene rings is 1. The van der Waals surface area contributed by atoms with Crippen LogP contribution >= 0.6 is 22.6 Å². The summed E-state index contributed by atoms with van der Waals surface area (Å²) in [6.45, 7) is 3.82. The number of nitrogens with zero attached hydrogens (tertiary/aromatic N) is 2. The molecule has 0 atom stereocenters. The normalized spacial score (nSPS) is 10.4. The number of anilines is 1. The standard InChI is InChI=1S/C13H14IN3O/c1-8-12(9(2)17(3)16-8)15-13(18)10-5-4-6-11(14)7-10/h4-7H,1-3H3,(H,15,18). The van der Waals surface area contributed by atoms with Gasteiger partial charge in [-0.15, -0.1) is 0 Å². The van der Waals surface area contributed by atoms with Crippen LogP contribution in [0, 0.1) is 17.4 Å². The molecule has 0 spiro atoms. The molecule has 0 saturated carbocycles. The molecule has 1 amide bonds. The predicted molar refractivity (Wildman–Crippen MR) is 79.8 cm³/mol. The number of hydrogen-bond donors (Lipinski definition) is 1. The maximum Gasteiger partial charge on any atom is 0.255 e. The average Bonchev–Trinajstić information content (AvgIpc) is 2.56. The number of aryl methyl sites for hydroxylation is 2. The molecule has 2 rings (SSSR count). The third kappa shape index (κ3) is 2.55. The van der Waals surface area contributed by atoms with Crippen molar-refractivity contribution in [2.45, 2.75) is 13.8 Å². The first-order valence-corrected chi connectivity index (χ1v) is 6.64. The van der Waals surface area contributed by atoms with Crippen molar-refractivity contribution in [3.63, 3.8) is 0 Å². The molecule has 94 valence electrons. The SMILES string of the molecule is Cc1nn(C)c(C)c1NC(=O)c1cccc(I)c1. The van der Waals surface area contributed by atoms with Gasteiger partial charge in [0, 0.05) is 16.2 Å². The van der Waals surface area contributed by atoms with Gasteiger partial charge < -0.3 is 5.32 Å². The minimum atomic E-state index is -0.104. The van der Waals surface area contributed by atoms with Crippen LogP contribution in [0.4, 0.5) is 5.69 Å². The first kappa shape index (κ1) is 13.1. The molecule has 0 saturated heterocycles. The summed E-state index contributed by atoms with van der Waals surface area (Å²) >= 11 is 2.19. The van der Waals surface area contributed by atoms with E-state index in [0.29, 0.717) is 5.56 Å². The fourth-order valence-corrected chi connectivity index (χ4v) is 2.31. The van der Waals surface area contributed by atoms with Gasteiger partial charge in [-0.2, -0.15) is 5.10 Å². The Bertz CT molecular complexity index is 604. The Balaban J connectivity index is 2.27. The van der Waals surface area contributed by atoms with E-state index in [1.807, 2.05) is 39.1 Å². The molecular formula is C13H14IN3O. The van der Waals surface area contributed by atoms with E-state index in [4.69, 9.17) is 0 Å². The van der Waals surface area contributed by atoms with E-state index in [1.54, 1.807) is 10.7 Å². The Morgan fingerprint density at radius 2 is 2.11 bits per heavy atom. The number of carbonyl (C=O) groups is 1. The largest absolute Gasteiger partial charge is 0.319 e. The highest BCUT2D eigenvalue weighted by atomic mass is 127. The van der Waals surface area contributed by atoms with Gasteiger partial charge in [0.25, 0.3) is 5.91 Å². The second kappa shape index (κ2) is 5.09. The fourth-order valence-electron chi connectivity index (χ4n) is 1.77. The Kier molecular flexibility index (Phi) is 3.70. The van der Waals surface area contributed by atoms with E-state index in [-0.39, 0.29) is 5.91 Å². The number of aromatic nitrogens is 2. The lowest BCUT2D eigenvalue weighted by Crippen LogP contribution is -2.13. The summed E-state index contributed by atoms with van der Waals surface area (Å²) in [4.78, 5) is 12.1. The van der Waals surface area contributed by atoms with E-state index in [1.165, 1.54) is 0 Å². The maximum atomic E-state index is 12.1. The lowest BCUT2D eigenvalue weighted by molar-refractivity contribution is 0.102. The van der Waals surface area contributed by atoms with Crippen molar-refractivity contribution in [2.75, 3.05) is 5.32 Å². The second-order valence-electron chi connectivity index (χ2n) is 4.13. The maximum absolute atomic E-state index is 12.1. The van der Waals surface area contributed by atoms with Crippen molar-refractivity contribution in [3.8, 4) is 0 Å². The second-order valence-corrected chi connectivity index (χ2v) is 5.38. The summed E-state index contributed by atoms with van der Waals surface area (Å²) in [7, 11) is 1.86.